The summed E-state index contributed by atoms with van der Waals surface area (Å²) in [6.07, 6.45) is 6.99. The van der Waals surface area contributed by atoms with E-state index >= 15 is 0 Å². The van der Waals surface area contributed by atoms with Crippen LogP contribution >= 0.6 is 0 Å². The van der Waals surface area contributed by atoms with E-state index in [2.05, 4.69) is 28.0 Å². The molecule has 2 aromatic carbocycles. The summed E-state index contributed by atoms with van der Waals surface area (Å²) in [7, 11) is 0. The second-order valence-electron chi connectivity index (χ2n) is 8.38. The van der Waals surface area contributed by atoms with Crippen molar-refractivity contribution in [3.05, 3.63) is 60.2 Å². The minimum absolute atomic E-state index is 0.158. The highest BCUT2D eigenvalue weighted by atomic mass is 16.5. The lowest BCUT2D eigenvalue weighted by atomic mass is 9.96. The monoisotopic (exact) mass is 392 g/mol. The maximum atomic E-state index is 13.0. The molecule has 154 valence electrons. The lowest BCUT2D eigenvalue weighted by Gasteiger charge is -2.34. The smallest absolute Gasteiger partial charge is 0.226 e. The lowest BCUT2D eigenvalue weighted by Crippen LogP contribution is -2.44. The molecule has 4 nitrogen and oxygen atoms in total. The number of carbonyl (C=O) groups excluding carboxylic acids is 1. The highest BCUT2D eigenvalue weighted by molar-refractivity contribution is 5.79. The Labute approximate surface area is 174 Å². The average Bonchev–Trinajstić information content (AvgIpc) is 3.04. The van der Waals surface area contributed by atoms with Crippen LogP contribution in [0.25, 0.3) is 0 Å². The third-order valence-corrected chi connectivity index (χ3v) is 6.06. The Bertz CT molecular complexity index is 784. The molecule has 2 aromatic rings. The number of hydrogen-bond acceptors (Lipinski definition) is 3. The van der Waals surface area contributed by atoms with Gasteiger partial charge < -0.3 is 9.64 Å². The Morgan fingerprint density at radius 3 is 2.41 bits per heavy atom. The number of amides is 1. The van der Waals surface area contributed by atoms with Gasteiger partial charge in [0.2, 0.25) is 5.91 Å². The van der Waals surface area contributed by atoms with Gasteiger partial charge in [0.15, 0.2) is 0 Å². The zero-order valence-electron chi connectivity index (χ0n) is 17.3. The van der Waals surface area contributed by atoms with Gasteiger partial charge in [0, 0.05) is 26.2 Å². The molecule has 0 radical (unpaired) electrons. The van der Waals surface area contributed by atoms with Crippen molar-refractivity contribution >= 4 is 5.91 Å². The summed E-state index contributed by atoms with van der Waals surface area (Å²) in [6, 6.07) is 18.2. The Morgan fingerprint density at radius 1 is 0.862 bits per heavy atom. The quantitative estimate of drug-likeness (QED) is 0.710. The van der Waals surface area contributed by atoms with Crippen molar-refractivity contribution in [3.63, 3.8) is 0 Å². The zero-order valence-corrected chi connectivity index (χ0v) is 17.3. The molecule has 0 saturated carbocycles. The summed E-state index contributed by atoms with van der Waals surface area (Å²) >= 11 is 0. The van der Waals surface area contributed by atoms with Crippen LogP contribution in [0.3, 0.4) is 0 Å². The largest absolute Gasteiger partial charge is 0.457 e. The van der Waals surface area contributed by atoms with Crippen LogP contribution in [0.1, 0.15) is 44.1 Å². The van der Waals surface area contributed by atoms with Crippen LogP contribution in [-0.2, 0) is 11.3 Å². The van der Waals surface area contributed by atoms with E-state index in [1.54, 1.807) is 0 Å². The minimum atomic E-state index is 0.158. The first-order chi connectivity index (χ1) is 14.3. The first-order valence-electron chi connectivity index (χ1n) is 11.1. The normalized spacial score (nSPS) is 20.8. The third kappa shape index (κ3) is 5.60. The Hall–Kier alpha value is -2.33. The van der Waals surface area contributed by atoms with Crippen molar-refractivity contribution in [2.24, 2.45) is 5.92 Å². The van der Waals surface area contributed by atoms with Crippen LogP contribution in [0, 0.1) is 5.92 Å². The maximum Gasteiger partial charge on any atom is 0.226 e. The van der Waals surface area contributed by atoms with E-state index < -0.39 is 0 Å². The van der Waals surface area contributed by atoms with Crippen molar-refractivity contribution in [3.8, 4) is 11.5 Å². The molecule has 0 bridgehead atoms. The molecule has 0 aromatic heterocycles. The second kappa shape index (κ2) is 9.93. The van der Waals surface area contributed by atoms with E-state index in [9.17, 15) is 4.79 Å². The van der Waals surface area contributed by atoms with Crippen molar-refractivity contribution in [1.82, 2.24) is 9.80 Å². The van der Waals surface area contributed by atoms with E-state index in [0.717, 1.165) is 69.9 Å². The maximum absolute atomic E-state index is 13.0. The number of likely N-dealkylation sites (tertiary alicyclic amines) is 2. The van der Waals surface area contributed by atoms with Gasteiger partial charge in [-0.3, -0.25) is 9.69 Å². The molecule has 2 aliphatic rings. The summed E-state index contributed by atoms with van der Waals surface area (Å²) in [4.78, 5) is 17.6. The number of hydrogen-bond donors (Lipinski definition) is 0. The van der Waals surface area contributed by atoms with Gasteiger partial charge in [-0.25, -0.2) is 0 Å². The van der Waals surface area contributed by atoms with Crippen LogP contribution in [0.2, 0.25) is 0 Å². The van der Waals surface area contributed by atoms with E-state index in [1.165, 1.54) is 18.4 Å². The molecular formula is C25H32N2O2. The lowest BCUT2D eigenvalue weighted by molar-refractivity contribution is -0.137. The molecule has 1 amide bonds. The van der Waals surface area contributed by atoms with Crippen LogP contribution in [0.4, 0.5) is 0 Å². The summed E-state index contributed by atoms with van der Waals surface area (Å²) in [6.45, 7) is 4.71. The standard InChI is InChI=1S/C25H32N2O2/c28-25(27-16-6-1-2-7-17-27)22-11-9-15-26(20-22)19-21-10-8-14-24(18-21)29-23-12-4-3-5-13-23/h3-5,8,10,12-14,18,22H,1-2,6-7,9,11,15-17,19-20H2. The number of nitrogens with zero attached hydrogens (tertiary/aromatic N) is 2. The van der Waals surface area contributed by atoms with Gasteiger partial charge in [-0.05, 0) is 62.1 Å². The molecule has 4 rings (SSSR count). The van der Waals surface area contributed by atoms with Crippen molar-refractivity contribution in [1.29, 1.82) is 0 Å². The molecule has 2 saturated heterocycles. The summed E-state index contributed by atoms with van der Waals surface area (Å²) in [5.41, 5.74) is 1.24. The molecular weight excluding hydrogens is 360 g/mol. The van der Waals surface area contributed by atoms with Gasteiger partial charge >= 0.3 is 0 Å². The van der Waals surface area contributed by atoms with Crippen LogP contribution < -0.4 is 4.74 Å². The fourth-order valence-electron chi connectivity index (χ4n) is 4.54. The number of piperidine rings is 1. The number of ether oxygens (including phenoxy) is 1. The molecule has 4 heteroatoms. The van der Waals surface area contributed by atoms with E-state index in [1.807, 2.05) is 36.4 Å². The van der Waals surface area contributed by atoms with Gasteiger partial charge in [-0.2, -0.15) is 0 Å². The highest BCUT2D eigenvalue weighted by Crippen LogP contribution is 2.25. The van der Waals surface area contributed by atoms with Gasteiger partial charge in [0.1, 0.15) is 11.5 Å². The topological polar surface area (TPSA) is 32.8 Å². The van der Waals surface area contributed by atoms with Crippen molar-refractivity contribution < 1.29 is 9.53 Å². The molecule has 2 aliphatic heterocycles. The van der Waals surface area contributed by atoms with Gasteiger partial charge in [-0.1, -0.05) is 43.2 Å². The Balaban J connectivity index is 1.35. The number of para-hydroxylation sites is 1. The Morgan fingerprint density at radius 2 is 1.62 bits per heavy atom. The SMILES string of the molecule is O=C(C1CCCN(Cc2cccc(Oc3ccccc3)c2)C1)N1CCCCCC1. The molecule has 0 spiro atoms. The molecule has 1 unspecified atom stereocenters. The summed E-state index contributed by atoms with van der Waals surface area (Å²) in [5, 5.41) is 0. The Kier molecular flexibility index (Phi) is 6.83. The fraction of sp³-hybridized carbons (Fsp3) is 0.480. The van der Waals surface area contributed by atoms with E-state index in [-0.39, 0.29) is 5.92 Å². The zero-order chi connectivity index (χ0) is 19.9. The number of carbonyl (C=O) groups is 1. The molecule has 2 heterocycles. The molecule has 0 aliphatic carbocycles. The van der Waals surface area contributed by atoms with E-state index in [4.69, 9.17) is 4.74 Å². The second-order valence-corrected chi connectivity index (χ2v) is 8.38. The first-order valence-corrected chi connectivity index (χ1v) is 11.1. The molecule has 1 atom stereocenters. The van der Waals surface area contributed by atoms with Gasteiger partial charge in [-0.15, -0.1) is 0 Å². The van der Waals surface area contributed by atoms with Crippen LogP contribution in [-0.4, -0.2) is 41.9 Å². The van der Waals surface area contributed by atoms with Crippen LogP contribution in [0.5, 0.6) is 11.5 Å². The third-order valence-electron chi connectivity index (χ3n) is 6.06. The predicted molar refractivity (Wildman–Crippen MR) is 116 cm³/mol. The van der Waals surface area contributed by atoms with Crippen molar-refractivity contribution in [2.45, 2.75) is 45.1 Å². The fourth-order valence-corrected chi connectivity index (χ4v) is 4.54. The number of benzene rings is 2. The minimum Gasteiger partial charge on any atom is -0.457 e. The number of rotatable bonds is 5. The highest BCUT2D eigenvalue weighted by Gasteiger charge is 2.29. The predicted octanol–water partition coefficient (Wildman–Crippen LogP) is 5.09. The van der Waals surface area contributed by atoms with Crippen LogP contribution in [0.15, 0.2) is 54.6 Å². The van der Waals surface area contributed by atoms with Crippen molar-refractivity contribution in [2.75, 3.05) is 26.2 Å². The summed E-state index contributed by atoms with van der Waals surface area (Å²) < 4.78 is 5.98. The summed E-state index contributed by atoms with van der Waals surface area (Å²) in [5.74, 6) is 2.26. The molecule has 2 fully saturated rings. The average molecular weight is 393 g/mol. The molecule has 29 heavy (non-hydrogen) atoms. The van der Waals surface area contributed by atoms with Gasteiger partial charge in [0.25, 0.3) is 0 Å². The van der Waals surface area contributed by atoms with Gasteiger partial charge in [0.05, 0.1) is 5.92 Å². The first kappa shape index (κ1) is 20.0. The van der Waals surface area contributed by atoms with E-state index in [0.29, 0.717) is 5.91 Å². The molecule has 0 N–H and O–H groups in total.